The van der Waals surface area contributed by atoms with Gasteiger partial charge >= 0.3 is 0 Å². The molecule has 2 N–H and O–H groups in total. The maximum atomic E-state index is 13.6. The average Bonchev–Trinajstić information content (AvgIpc) is 2.86. The monoisotopic (exact) mass is 466 g/mol. The smallest absolute Gasteiger partial charge is 0.269 e. The molecule has 2 aromatic carbocycles. The molecule has 0 saturated heterocycles. The molecule has 10 heteroatoms. The standard InChI is InChI=1S/C23H22N4O5S/c1-32-20-9-8-18(23(29)26-25-22(28)17-10-12-24-13-11-17)15-21(20)33(30,31)27-14-4-6-16-5-2-3-7-19(16)27/h2-3,5,7-13,15H,4,6,14H2,1H3,(H,25,28)(H,26,29). The maximum Gasteiger partial charge on any atom is 0.269 e. The number of sulfonamides is 1. The van der Waals surface area contributed by atoms with Crippen LogP contribution in [0.25, 0.3) is 0 Å². The molecular formula is C23H22N4O5S. The van der Waals surface area contributed by atoms with Gasteiger partial charge in [0.2, 0.25) is 0 Å². The minimum atomic E-state index is -4.01. The first kappa shape index (κ1) is 22.3. The third-order valence-electron chi connectivity index (χ3n) is 5.29. The van der Waals surface area contributed by atoms with Gasteiger partial charge in [0.15, 0.2) is 0 Å². The van der Waals surface area contributed by atoms with Crippen molar-refractivity contribution in [3.8, 4) is 5.75 Å². The van der Waals surface area contributed by atoms with Crippen LogP contribution >= 0.6 is 0 Å². The number of nitrogens with zero attached hydrogens (tertiary/aromatic N) is 2. The molecule has 4 rings (SSSR count). The number of carbonyl (C=O) groups is 2. The Morgan fingerprint density at radius 3 is 2.39 bits per heavy atom. The van der Waals surface area contributed by atoms with Gasteiger partial charge < -0.3 is 4.74 Å². The summed E-state index contributed by atoms with van der Waals surface area (Å²) in [5.74, 6) is -1.08. The lowest BCUT2D eigenvalue weighted by Crippen LogP contribution is -2.41. The number of fused-ring (bicyclic) bond motifs is 1. The van der Waals surface area contributed by atoms with Gasteiger partial charge in [0.05, 0.1) is 12.8 Å². The van der Waals surface area contributed by atoms with E-state index >= 15 is 0 Å². The quantitative estimate of drug-likeness (QED) is 0.557. The summed E-state index contributed by atoms with van der Waals surface area (Å²) in [7, 11) is -2.65. The van der Waals surface area contributed by atoms with Crippen molar-refractivity contribution in [3.05, 3.63) is 83.7 Å². The number of hydrogen-bond acceptors (Lipinski definition) is 6. The van der Waals surface area contributed by atoms with E-state index < -0.39 is 21.8 Å². The Labute approximate surface area is 191 Å². The SMILES string of the molecule is COc1ccc(C(=O)NNC(=O)c2ccncc2)cc1S(=O)(=O)N1CCCc2ccccc21. The molecule has 0 radical (unpaired) electrons. The van der Waals surface area contributed by atoms with Gasteiger partial charge in [-0.3, -0.25) is 29.7 Å². The Bertz CT molecular complexity index is 1300. The summed E-state index contributed by atoms with van der Waals surface area (Å²) in [5.41, 5.74) is 6.53. The average molecular weight is 467 g/mol. The second-order valence-electron chi connectivity index (χ2n) is 7.32. The van der Waals surface area contributed by atoms with Crippen molar-refractivity contribution in [3.63, 3.8) is 0 Å². The molecule has 170 valence electrons. The fraction of sp³-hybridized carbons (Fsp3) is 0.174. The van der Waals surface area contributed by atoms with Gasteiger partial charge in [0.1, 0.15) is 10.6 Å². The summed E-state index contributed by atoms with van der Waals surface area (Å²) in [4.78, 5) is 28.5. The second kappa shape index (κ2) is 9.29. The zero-order chi connectivity index (χ0) is 23.4. The number of carbonyl (C=O) groups excluding carboxylic acids is 2. The van der Waals surface area contributed by atoms with E-state index in [-0.39, 0.29) is 16.2 Å². The highest BCUT2D eigenvalue weighted by atomic mass is 32.2. The van der Waals surface area contributed by atoms with E-state index in [0.29, 0.717) is 24.2 Å². The van der Waals surface area contributed by atoms with Crippen molar-refractivity contribution < 1.29 is 22.7 Å². The maximum absolute atomic E-state index is 13.6. The third-order valence-corrected chi connectivity index (χ3v) is 7.13. The van der Waals surface area contributed by atoms with Crippen molar-refractivity contribution in [1.82, 2.24) is 15.8 Å². The number of pyridine rings is 1. The van der Waals surface area contributed by atoms with Gasteiger partial charge in [0, 0.05) is 30.1 Å². The van der Waals surface area contributed by atoms with Crippen LogP contribution in [0.2, 0.25) is 0 Å². The molecule has 9 nitrogen and oxygen atoms in total. The van der Waals surface area contributed by atoms with Gasteiger partial charge in [0.25, 0.3) is 21.8 Å². The van der Waals surface area contributed by atoms with Gasteiger partial charge in [-0.15, -0.1) is 0 Å². The topological polar surface area (TPSA) is 118 Å². The summed E-state index contributed by atoms with van der Waals surface area (Å²) in [6.45, 7) is 0.320. The Morgan fingerprint density at radius 1 is 0.970 bits per heavy atom. The predicted octanol–water partition coefficient (Wildman–Crippen LogP) is 2.31. The minimum absolute atomic E-state index is 0.0506. The highest BCUT2D eigenvalue weighted by Gasteiger charge is 2.32. The van der Waals surface area contributed by atoms with Gasteiger partial charge in [-0.1, -0.05) is 18.2 Å². The Balaban J connectivity index is 1.61. The summed E-state index contributed by atoms with van der Waals surface area (Å²) < 4.78 is 33.8. The lowest BCUT2D eigenvalue weighted by Gasteiger charge is -2.31. The van der Waals surface area contributed by atoms with Crippen LogP contribution in [0.1, 0.15) is 32.7 Å². The van der Waals surface area contributed by atoms with Crippen LogP contribution < -0.4 is 19.9 Å². The molecule has 1 aliphatic heterocycles. The lowest BCUT2D eigenvalue weighted by molar-refractivity contribution is 0.0846. The number of benzene rings is 2. The van der Waals surface area contributed by atoms with E-state index in [0.717, 1.165) is 12.0 Å². The Hall–Kier alpha value is -3.92. The van der Waals surface area contributed by atoms with Crippen molar-refractivity contribution >= 4 is 27.5 Å². The first-order valence-electron chi connectivity index (χ1n) is 10.2. The predicted molar refractivity (Wildman–Crippen MR) is 121 cm³/mol. The molecule has 0 bridgehead atoms. The van der Waals surface area contributed by atoms with Gasteiger partial charge in [-0.2, -0.15) is 0 Å². The molecule has 3 aromatic rings. The molecule has 2 amide bonds. The Kier molecular flexibility index (Phi) is 6.27. The van der Waals surface area contributed by atoms with Crippen molar-refractivity contribution in [2.24, 2.45) is 0 Å². The Morgan fingerprint density at radius 2 is 1.67 bits per heavy atom. The number of hydrazine groups is 1. The molecular weight excluding hydrogens is 444 g/mol. The van der Waals surface area contributed by atoms with Crippen LogP contribution in [0.4, 0.5) is 5.69 Å². The molecule has 0 fully saturated rings. The fourth-order valence-electron chi connectivity index (χ4n) is 3.65. The summed E-state index contributed by atoms with van der Waals surface area (Å²) >= 11 is 0. The van der Waals surface area contributed by atoms with Gasteiger partial charge in [-0.25, -0.2) is 8.42 Å². The van der Waals surface area contributed by atoms with Crippen LogP contribution in [0.3, 0.4) is 0 Å². The molecule has 0 spiro atoms. The molecule has 2 heterocycles. The zero-order valence-electron chi connectivity index (χ0n) is 17.8. The lowest BCUT2D eigenvalue weighted by atomic mass is 10.0. The van der Waals surface area contributed by atoms with Crippen molar-refractivity contribution in [1.29, 1.82) is 0 Å². The first-order valence-corrected chi connectivity index (χ1v) is 11.6. The van der Waals surface area contributed by atoms with Crippen LogP contribution in [0, 0.1) is 0 Å². The van der Waals surface area contributed by atoms with E-state index in [1.165, 1.54) is 54.1 Å². The summed E-state index contributed by atoms with van der Waals surface area (Å²) in [6.07, 6.45) is 4.38. The number of hydrogen-bond donors (Lipinski definition) is 2. The number of para-hydroxylation sites is 1. The largest absolute Gasteiger partial charge is 0.495 e. The van der Waals surface area contributed by atoms with Crippen LogP contribution in [-0.2, 0) is 16.4 Å². The number of ether oxygens (including phenoxy) is 1. The number of aromatic nitrogens is 1. The molecule has 33 heavy (non-hydrogen) atoms. The van der Waals surface area contributed by atoms with E-state index in [1.54, 1.807) is 12.1 Å². The van der Waals surface area contributed by atoms with E-state index in [4.69, 9.17) is 4.74 Å². The van der Waals surface area contributed by atoms with Crippen molar-refractivity contribution in [2.45, 2.75) is 17.7 Å². The summed E-state index contributed by atoms with van der Waals surface area (Å²) in [6, 6.07) is 14.4. The van der Waals surface area contributed by atoms with Crippen LogP contribution in [-0.4, -0.2) is 38.9 Å². The molecule has 0 atom stereocenters. The van der Waals surface area contributed by atoms with E-state index in [9.17, 15) is 18.0 Å². The molecule has 1 aromatic heterocycles. The molecule has 0 aliphatic carbocycles. The highest BCUT2D eigenvalue weighted by molar-refractivity contribution is 7.93. The third kappa shape index (κ3) is 4.51. The highest BCUT2D eigenvalue weighted by Crippen LogP contribution is 2.35. The van der Waals surface area contributed by atoms with Gasteiger partial charge in [-0.05, 0) is 54.8 Å². The number of rotatable bonds is 5. The minimum Gasteiger partial charge on any atom is -0.495 e. The summed E-state index contributed by atoms with van der Waals surface area (Å²) in [5, 5.41) is 0. The van der Waals surface area contributed by atoms with Crippen LogP contribution in [0.5, 0.6) is 5.75 Å². The normalized spacial score (nSPS) is 13.1. The second-order valence-corrected chi connectivity index (χ2v) is 9.15. The fourth-order valence-corrected chi connectivity index (χ4v) is 5.37. The number of anilines is 1. The zero-order valence-corrected chi connectivity index (χ0v) is 18.6. The van der Waals surface area contributed by atoms with E-state index in [2.05, 4.69) is 15.8 Å². The molecule has 0 saturated carbocycles. The number of nitrogens with one attached hydrogen (secondary N) is 2. The van der Waals surface area contributed by atoms with Crippen LogP contribution in [0.15, 0.2) is 71.9 Å². The molecule has 0 unspecified atom stereocenters. The first-order chi connectivity index (χ1) is 15.9. The number of methoxy groups -OCH3 is 1. The molecule has 1 aliphatic rings. The number of aryl methyl sites for hydroxylation is 1. The number of amides is 2. The van der Waals surface area contributed by atoms with Crippen molar-refractivity contribution in [2.75, 3.05) is 18.0 Å². The van der Waals surface area contributed by atoms with E-state index in [1.807, 2.05) is 12.1 Å².